The van der Waals surface area contributed by atoms with Crippen LogP contribution in [-0.4, -0.2) is 31.0 Å². The Morgan fingerprint density at radius 1 is 1.18 bits per heavy atom. The van der Waals surface area contributed by atoms with Crippen molar-refractivity contribution < 1.29 is 9.84 Å². The van der Waals surface area contributed by atoms with Crippen LogP contribution in [0.5, 0.6) is 0 Å². The molecule has 1 atom stereocenters. The van der Waals surface area contributed by atoms with Crippen molar-refractivity contribution in [1.29, 1.82) is 0 Å². The molecule has 3 heteroatoms. The summed E-state index contributed by atoms with van der Waals surface area (Å²) in [4.78, 5) is 0. The maximum Gasteiger partial charge on any atom is 0.0610 e. The first-order valence-electron chi connectivity index (χ1n) is 7.21. The molecule has 1 saturated heterocycles. The van der Waals surface area contributed by atoms with E-state index >= 15 is 0 Å². The Kier molecular flexibility index (Phi) is 7.09. The Morgan fingerprint density at radius 3 is 2.41 bits per heavy atom. The molecule has 102 valence electrons. The molecule has 1 fully saturated rings. The Morgan fingerprint density at radius 2 is 1.82 bits per heavy atom. The third-order valence-corrected chi connectivity index (χ3v) is 4.18. The molecule has 1 aliphatic rings. The molecule has 0 spiro atoms. The molecule has 3 N–H and O–H groups in total. The number of hydrogen-bond donors (Lipinski definition) is 2. The lowest BCUT2D eigenvalue weighted by Gasteiger charge is -2.40. The molecule has 1 unspecified atom stereocenters. The minimum absolute atomic E-state index is 0.0665. The first-order chi connectivity index (χ1) is 8.25. The fourth-order valence-electron chi connectivity index (χ4n) is 2.70. The van der Waals surface area contributed by atoms with Gasteiger partial charge in [-0.25, -0.2) is 0 Å². The average molecular weight is 243 g/mol. The fraction of sp³-hybridized carbons (Fsp3) is 1.00. The highest BCUT2D eigenvalue weighted by molar-refractivity contribution is 4.89. The maximum atomic E-state index is 10.3. The van der Waals surface area contributed by atoms with Crippen LogP contribution in [0.25, 0.3) is 0 Å². The first kappa shape index (κ1) is 14.9. The first-order valence-corrected chi connectivity index (χ1v) is 7.21. The second-order valence-electron chi connectivity index (χ2n) is 5.40. The molecular formula is C14H29NO2. The number of unbranched alkanes of at least 4 members (excludes halogenated alkanes) is 4. The lowest BCUT2D eigenvalue weighted by atomic mass is 9.73. The topological polar surface area (TPSA) is 55.5 Å². The zero-order valence-electron chi connectivity index (χ0n) is 11.3. The van der Waals surface area contributed by atoms with Gasteiger partial charge in [0, 0.05) is 25.2 Å². The predicted octanol–water partition coefficient (Wildman–Crippen LogP) is 2.46. The van der Waals surface area contributed by atoms with Gasteiger partial charge in [-0.2, -0.15) is 0 Å². The molecule has 1 rings (SSSR count). The molecule has 0 aromatic carbocycles. The van der Waals surface area contributed by atoms with Crippen molar-refractivity contribution in [3.63, 3.8) is 0 Å². The number of aliphatic hydroxyl groups is 1. The molecular weight excluding hydrogens is 214 g/mol. The smallest absolute Gasteiger partial charge is 0.0610 e. The Balaban J connectivity index is 2.25. The molecule has 0 amide bonds. The minimum Gasteiger partial charge on any atom is -0.392 e. The van der Waals surface area contributed by atoms with E-state index in [0.29, 0.717) is 6.54 Å². The number of nitrogens with two attached hydrogens (primary N) is 1. The summed E-state index contributed by atoms with van der Waals surface area (Å²) in [5.41, 5.74) is 5.81. The summed E-state index contributed by atoms with van der Waals surface area (Å²) in [6.45, 7) is 4.32. The molecule has 0 aliphatic carbocycles. The molecule has 17 heavy (non-hydrogen) atoms. The fourth-order valence-corrected chi connectivity index (χ4v) is 2.70. The van der Waals surface area contributed by atoms with Crippen LogP contribution in [0.1, 0.15) is 58.3 Å². The molecule has 0 saturated carbocycles. The summed E-state index contributed by atoms with van der Waals surface area (Å²) in [5, 5.41) is 10.3. The van der Waals surface area contributed by atoms with Crippen molar-refractivity contribution in [3.05, 3.63) is 0 Å². The second kappa shape index (κ2) is 8.06. The quantitative estimate of drug-likeness (QED) is 0.644. The molecule has 0 radical (unpaired) electrons. The lowest BCUT2D eigenvalue weighted by Crippen LogP contribution is -2.45. The van der Waals surface area contributed by atoms with Crippen molar-refractivity contribution in [2.75, 3.05) is 19.8 Å². The zero-order valence-corrected chi connectivity index (χ0v) is 11.3. The van der Waals surface area contributed by atoms with Crippen molar-refractivity contribution in [1.82, 2.24) is 0 Å². The van der Waals surface area contributed by atoms with Gasteiger partial charge in [0.2, 0.25) is 0 Å². The van der Waals surface area contributed by atoms with Gasteiger partial charge in [0.15, 0.2) is 0 Å². The van der Waals surface area contributed by atoms with Gasteiger partial charge in [0.25, 0.3) is 0 Å². The largest absolute Gasteiger partial charge is 0.392 e. The minimum atomic E-state index is -0.238. The normalized spacial score (nSPS) is 21.4. The summed E-state index contributed by atoms with van der Waals surface area (Å²) >= 11 is 0. The van der Waals surface area contributed by atoms with Crippen LogP contribution in [-0.2, 0) is 4.74 Å². The molecule has 3 nitrogen and oxygen atoms in total. The van der Waals surface area contributed by atoms with E-state index in [9.17, 15) is 5.11 Å². The monoisotopic (exact) mass is 243 g/mol. The number of aliphatic hydroxyl groups excluding tert-OH is 1. The third-order valence-electron chi connectivity index (χ3n) is 4.18. The highest BCUT2D eigenvalue weighted by Crippen LogP contribution is 2.35. The zero-order chi connectivity index (χ0) is 12.6. The number of hydrogen-bond acceptors (Lipinski definition) is 3. The predicted molar refractivity (Wildman–Crippen MR) is 70.9 cm³/mol. The van der Waals surface area contributed by atoms with E-state index in [1.807, 2.05) is 0 Å². The average Bonchev–Trinajstić information content (AvgIpc) is 2.39. The summed E-state index contributed by atoms with van der Waals surface area (Å²) in [5.74, 6) is 0. The SMILES string of the molecule is CCCCCCCC(O)C1(CN)CCOCC1. The van der Waals surface area contributed by atoms with Gasteiger partial charge in [-0.3, -0.25) is 0 Å². The standard InChI is InChI=1S/C14H29NO2/c1-2-3-4-5-6-7-13(16)14(12-15)8-10-17-11-9-14/h13,16H,2-12,15H2,1H3. The van der Waals surface area contributed by atoms with Crippen LogP contribution in [0.3, 0.4) is 0 Å². The molecule has 1 aliphatic heterocycles. The van der Waals surface area contributed by atoms with Gasteiger partial charge in [-0.15, -0.1) is 0 Å². The van der Waals surface area contributed by atoms with Crippen LogP contribution in [0.4, 0.5) is 0 Å². The van der Waals surface area contributed by atoms with E-state index in [1.54, 1.807) is 0 Å². The Labute approximate surface area is 106 Å². The van der Waals surface area contributed by atoms with Crippen LogP contribution in [0, 0.1) is 5.41 Å². The Bertz CT molecular complexity index is 191. The van der Waals surface area contributed by atoms with E-state index in [0.717, 1.165) is 38.9 Å². The second-order valence-corrected chi connectivity index (χ2v) is 5.40. The van der Waals surface area contributed by atoms with E-state index in [4.69, 9.17) is 10.5 Å². The van der Waals surface area contributed by atoms with Crippen LogP contribution < -0.4 is 5.73 Å². The van der Waals surface area contributed by atoms with Gasteiger partial charge >= 0.3 is 0 Å². The third kappa shape index (κ3) is 4.57. The molecule has 0 aromatic heterocycles. The van der Waals surface area contributed by atoms with E-state index < -0.39 is 0 Å². The highest BCUT2D eigenvalue weighted by atomic mass is 16.5. The number of ether oxygens (including phenoxy) is 1. The van der Waals surface area contributed by atoms with E-state index in [2.05, 4.69) is 6.92 Å². The molecule has 1 heterocycles. The van der Waals surface area contributed by atoms with Gasteiger partial charge in [-0.1, -0.05) is 39.0 Å². The van der Waals surface area contributed by atoms with Crippen molar-refractivity contribution in [2.45, 2.75) is 64.4 Å². The summed E-state index contributed by atoms with van der Waals surface area (Å²) in [6, 6.07) is 0. The Hall–Kier alpha value is -0.120. The van der Waals surface area contributed by atoms with Gasteiger partial charge in [0.1, 0.15) is 0 Å². The van der Waals surface area contributed by atoms with Crippen LogP contribution in [0.2, 0.25) is 0 Å². The van der Waals surface area contributed by atoms with Crippen molar-refractivity contribution >= 4 is 0 Å². The van der Waals surface area contributed by atoms with Crippen LogP contribution >= 0.6 is 0 Å². The summed E-state index contributed by atoms with van der Waals surface area (Å²) in [6.07, 6.45) is 8.74. The summed E-state index contributed by atoms with van der Waals surface area (Å²) < 4.78 is 5.37. The van der Waals surface area contributed by atoms with Crippen molar-refractivity contribution in [2.24, 2.45) is 11.1 Å². The van der Waals surface area contributed by atoms with E-state index in [-0.39, 0.29) is 11.5 Å². The summed E-state index contributed by atoms with van der Waals surface area (Å²) in [7, 11) is 0. The van der Waals surface area contributed by atoms with Gasteiger partial charge in [-0.05, 0) is 19.3 Å². The van der Waals surface area contributed by atoms with Crippen molar-refractivity contribution in [3.8, 4) is 0 Å². The van der Waals surface area contributed by atoms with Gasteiger partial charge < -0.3 is 15.6 Å². The highest BCUT2D eigenvalue weighted by Gasteiger charge is 2.37. The number of rotatable bonds is 8. The molecule has 0 aromatic rings. The molecule has 0 bridgehead atoms. The van der Waals surface area contributed by atoms with Crippen LogP contribution in [0.15, 0.2) is 0 Å². The lowest BCUT2D eigenvalue weighted by molar-refractivity contribution is -0.0599. The van der Waals surface area contributed by atoms with E-state index in [1.165, 1.54) is 25.7 Å². The van der Waals surface area contributed by atoms with Gasteiger partial charge in [0.05, 0.1) is 6.10 Å². The maximum absolute atomic E-state index is 10.3.